The second-order valence-corrected chi connectivity index (χ2v) is 5.57. The number of nitrogens with zero attached hydrogens (tertiary/aromatic N) is 2. The molecule has 2 aromatic heterocycles. The van der Waals surface area contributed by atoms with Crippen LogP contribution in [0.2, 0.25) is 0 Å². The van der Waals surface area contributed by atoms with Gasteiger partial charge in [-0.2, -0.15) is 5.10 Å². The number of aryl methyl sites for hydroxylation is 2. The fourth-order valence-electron chi connectivity index (χ4n) is 2.03. The van der Waals surface area contributed by atoms with E-state index in [1.165, 1.54) is 18.4 Å². The van der Waals surface area contributed by atoms with Gasteiger partial charge < -0.3 is 21.1 Å². The molecule has 0 aliphatic rings. The summed E-state index contributed by atoms with van der Waals surface area (Å²) in [5.74, 6) is 0.279. The Bertz CT molecular complexity index is 662. The van der Waals surface area contributed by atoms with Gasteiger partial charge >= 0.3 is 0 Å². The third kappa shape index (κ3) is 2.94. The fraction of sp³-hybridized carbons (Fsp3) is 0.385. The van der Waals surface area contributed by atoms with Crippen molar-refractivity contribution in [3.8, 4) is 5.75 Å². The molecule has 0 unspecified atom stereocenters. The Morgan fingerprint density at radius 3 is 2.81 bits per heavy atom. The van der Waals surface area contributed by atoms with E-state index in [4.69, 9.17) is 10.5 Å². The first kappa shape index (κ1) is 15.2. The van der Waals surface area contributed by atoms with E-state index in [1.807, 2.05) is 20.2 Å². The van der Waals surface area contributed by atoms with Crippen LogP contribution in [0.1, 0.15) is 20.9 Å². The summed E-state index contributed by atoms with van der Waals surface area (Å²) >= 11 is 1.27. The van der Waals surface area contributed by atoms with Gasteiger partial charge in [0.15, 0.2) is 5.75 Å². The molecule has 0 aromatic carbocycles. The normalized spacial score (nSPS) is 10.5. The number of carbonyl (C=O) groups is 1. The molecule has 8 heteroatoms. The molecule has 1 amide bonds. The second-order valence-electron chi connectivity index (χ2n) is 4.55. The molecule has 21 heavy (non-hydrogen) atoms. The van der Waals surface area contributed by atoms with Crippen LogP contribution in [0.5, 0.6) is 5.75 Å². The number of hydrogen-bond donors (Lipinski definition) is 3. The molecule has 0 radical (unpaired) electrons. The van der Waals surface area contributed by atoms with Gasteiger partial charge in [0.05, 0.1) is 12.8 Å². The highest BCUT2D eigenvalue weighted by molar-refractivity contribution is 7.19. The van der Waals surface area contributed by atoms with Gasteiger partial charge in [0, 0.05) is 32.4 Å². The summed E-state index contributed by atoms with van der Waals surface area (Å²) in [5.41, 5.74) is 8.35. The zero-order valence-electron chi connectivity index (χ0n) is 12.5. The average molecular weight is 309 g/mol. The first-order valence-electron chi connectivity index (χ1n) is 6.39. The number of nitrogens with two attached hydrogens (primary N) is 1. The molecule has 2 rings (SSSR count). The Labute approximate surface area is 127 Å². The number of aromatic nitrogens is 2. The third-order valence-electron chi connectivity index (χ3n) is 3.09. The lowest BCUT2D eigenvalue weighted by Gasteiger charge is -2.06. The SMILES string of the molecule is CNC(=O)c1sc(NCc2cn(C)nc2C)c(OC)c1N. The van der Waals surface area contributed by atoms with Crippen LogP contribution in [0.4, 0.5) is 10.7 Å². The van der Waals surface area contributed by atoms with Crippen molar-refractivity contribution in [3.05, 3.63) is 22.3 Å². The number of rotatable bonds is 5. The third-order valence-corrected chi connectivity index (χ3v) is 4.23. The Balaban J connectivity index is 2.23. The topological polar surface area (TPSA) is 94.2 Å². The molecule has 2 aromatic rings. The Hall–Kier alpha value is -2.22. The predicted molar refractivity (Wildman–Crippen MR) is 83.9 cm³/mol. The monoisotopic (exact) mass is 309 g/mol. The van der Waals surface area contributed by atoms with Gasteiger partial charge in [-0.1, -0.05) is 0 Å². The average Bonchev–Trinajstić information content (AvgIpc) is 2.94. The second kappa shape index (κ2) is 6.04. The molecule has 0 atom stereocenters. The summed E-state index contributed by atoms with van der Waals surface area (Å²) in [6.07, 6.45) is 1.95. The zero-order valence-corrected chi connectivity index (χ0v) is 13.3. The number of methoxy groups -OCH3 is 1. The van der Waals surface area contributed by atoms with Crippen LogP contribution in [0.15, 0.2) is 6.20 Å². The molecular weight excluding hydrogens is 290 g/mol. The minimum atomic E-state index is -0.221. The Morgan fingerprint density at radius 1 is 1.57 bits per heavy atom. The maximum atomic E-state index is 11.8. The van der Waals surface area contributed by atoms with Crippen molar-refractivity contribution < 1.29 is 9.53 Å². The summed E-state index contributed by atoms with van der Waals surface area (Å²) in [6, 6.07) is 0. The quantitative estimate of drug-likeness (QED) is 0.775. The van der Waals surface area contributed by atoms with Crippen molar-refractivity contribution in [2.75, 3.05) is 25.2 Å². The highest BCUT2D eigenvalue weighted by atomic mass is 32.1. The van der Waals surface area contributed by atoms with Gasteiger partial charge in [-0.25, -0.2) is 0 Å². The standard InChI is InChI=1S/C13H19N5O2S/c1-7-8(6-18(3)17-7)5-16-13-10(20-4)9(14)11(21-13)12(19)15-2/h6,16H,5,14H2,1-4H3,(H,15,19). The lowest BCUT2D eigenvalue weighted by atomic mass is 10.2. The number of nitrogens with one attached hydrogen (secondary N) is 2. The van der Waals surface area contributed by atoms with Gasteiger partial charge in [-0.3, -0.25) is 9.48 Å². The van der Waals surface area contributed by atoms with Gasteiger partial charge in [-0.15, -0.1) is 11.3 Å². The van der Waals surface area contributed by atoms with E-state index < -0.39 is 0 Å². The number of carbonyl (C=O) groups excluding carboxylic acids is 1. The summed E-state index contributed by atoms with van der Waals surface area (Å²) in [5, 5.41) is 10.8. The van der Waals surface area contributed by atoms with Crippen molar-refractivity contribution in [2.24, 2.45) is 7.05 Å². The summed E-state index contributed by atoms with van der Waals surface area (Å²) < 4.78 is 7.06. The maximum Gasteiger partial charge on any atom is 0.263 e. The molecule has 2 heterocycles. The zero-order chi connectivity index (χ0) is 15.6. The van der Waals surface area contributed by atoms with E-state index in [9.17, 15) is 4.79 Å². The van der Waals surface area contributed by atoms with E-state index in [0.717, 1.165) is 16.3 Å². The largest absolute Gasteiger partial charge is 0.492 e. The summed E-state index contributed by atoms with van der Waals surface area (Å²) in [6.45, 7) is 2.54. The van der Waals surface area contributed by atoms with Gasteiger partial charge in [0.25, 0.3) is 5.91 Å². The molecule has 4 N–H and O–H groups in total. The predicted octanol–water partition coefficient (Wildman–Crippen LogP) is 1.35. The fourth-order valence-corrected chi connectivity index (χ4v) is 3.06. The van der Waals surface area contributed by atoms with E-state index in [1.54, 1.807) is 11.7 Å². The Kier molecular flexibility index (Phi) is 4.37. The van der Waals surface area contributed by atoms with Crippen molar-refractivity contribution >= 4 is 27.9 Å². The van der Waals surface area contributed by atoms with Gasteiger partial charge in [-0.05, 0) is 6.92 Å². The van der Waals surface area contributed by atoms with Gasteiger partial charge in [0.1, 0.15) is 15.6 Å². The van der Waals surface area contributed by atoms with Crippen LogP contribution >= 0.6 is 11.3 Å². The number of nitrogen functional groups attached to an aromatic ring is 1. The molecule has 114 valence electrons. The summed E-state index contributed by atoms with van der Waals surface area (Å²) in [4.78, 5) is 12.2. The number of ether oxygens (including phenoxy) is 1. The highest BCUT2D eigenvalue weighted by Crippen LogP contribution is 2.42. The number of hydrogen-bond acceptors (Lipinski definition) is 6. The van der Waals surface area contributed by atoms with Crippen molar-refractivity contribution in [1.29, 1.82) is 0 Å². The lowest BCUT2D eigenvalue weighted by Crippen LogP contribution is -2.17. The van der Waals surface area contributed by atoms with E-state index in [-0.39, 0.29) is 5.91 Å². The van der Waals surface area contributed by atoms with Crippen LogP contribution < -0.4 is 21.1 Å². The summed E-state index contributed by atoms with van der Waals surface area (Å²) in [7, 11) is 4.98. The number of anilines is 2. The van der Waals surface area contributed by atoms with Crippen LogP contribution in [0.3, 0.4) is 0 Å². The Morgan fingerprint density at radius 2 is 2.29 bits per heavy atom. The molecule has 0 bridgehead atoms. The van der Waals surface area contributed by atoms with Crippen LogP contribution in [-0.2, 0) is 13.6 Å². The smallest absolute Gasteiger partial charge is 0.263 e. The molecule has 0 saturated heterocycles. The molecule has 0 fully saturated rings. The van der Waals surface area contributed by atoms with Crippen molar-refractivity contribution in [2.45, 2.75) is 13.5 Å². The molecule has 0 spiro atoms. The van der Waals surface area contributed by atoms with Crippen LogP contribution in [0, 0.1) is 6.92 Å². The first-order chi connectivity index (χ1) is 9.97. The number of amides is 1. The molecule has 0 aliphatic carbocycles. The highest BCUT2D eigenvalue weighted by Gasteiger charge is 2.21. The van der Waals surface area contributed by atoms with Crippen LogP contribution in [-0.4, -0.2) is 29.8 Å². The van der Waals surface area contributed by atoms with E-state index in [2.05, 4.69) is 15.7 Å². The minimum absolute atomic E-state index is 0.221. The first-order valence-corrected chi connectivity index (χ1v) is 7.20. The minimum Gasteiger partial charge on any atom is -0.492 e. The van der Waals surface area contributed by atoms with Crippen molar-refractivity contribution in [3.63, 3.8) is 0 Å². The molecule has 0 saturated carbocycles. The maximum absolute atomic E-state index is 11.8. The number of thiophene rings is 1. The molecular formula is C13H19N5O2S. The van der Waals surface area contributed by atoms with Crippen molar-refractivity contribution in [1.82, 2.24) is 15.1 Å². The van der Waals surface area contributed by atoms with E-state index >= 15 is 0 Å². The molecule has 0 aliphatic heterocycles. The molecule has 7 nitrogen and oxygen atoms in total. The van der Waals surface area contributed by atoms with Gasteiger partial charge in [0.2, 0.25) is 0 Å². The van der Waals surface area contributed by atoms with E-state index in [0.29, 0.717) is 22.9 Å². The van der Waals surface area contributed by atoms with Crippen LogP contribution in [0.25, 0.3) is 0 Å². The lowest BCUT2D eigenvalue weighted by molar-refractivity contribution is 0.0967.